The Balaban J connectivity index is 2.97. The molecule has 0 aromatic heterocycles. The second-order valence-electron chi connectivity index (χ2n) is 4.22. The summed E-state index contributed by atoms with van der Waals surface area (Å²) in [5.41, 5.74) is -7.32. The van der Waals surface area contributed by atoms with Crippen LogP contribution >= 0.6 is 31.9 Å². The molecule has 0 aliphatic carbocycles. The summed E-state index contributed by atoms with van der Waals surface area (Å²) in [6, 6.07) is 5.62. The Bertz CT molecular complexity index is 858. The van der Waals surface area contributed by atoms with E-state index in [9.17, 15) is 30.4 Å². The summed E-state index contributed by atoms with van der Waals surface area (Å²) in [6.07, 6.45) is 0. The first-order valence-electron chi connectivity index (χ1n) is 5.64. The van der Waals surface area contributed by atoms with Crippen LogP contribution in [0.15, 0.2) is 38.1 Å². The molecule has 0 aliphatic heterocycles. The van der Waals surface area contributed by atoms with E-state index in [1.165, 1.54) is 0 Å². The molecule has 2 aromatic carbocycles. The normalized spacial score (nSPS) is 12.5. The van der Waals surface area contributed by atoms with Crippen molar-refractivity contribution in [3.05, 3.63) is 50.9 Å². The molecule has 2 aromatic rings. The first kappa shape index (κ1) is 18.3. The van der Waals surface area contributed by atoms with Crippen LogP contribution in [-0.2, 0) is 9.84 Å². The highest BCUT2D eigenvalue weighted by Crippen LogP contribution is 2.43. The number of hydrogen-bond donors (Lipinski definition) is 0. The molecule has 23 heavy (non-hydrogen) atoms. The van der Waals surface area contributed by atoms with Crippen molar-refractivity contribution in [1.29, 1.82) is 0 Å². The molecule has 0 saturated heterocycles. The molecule has 0 unspecified atom stereocenters. The van der Waals surface area contributed by atoms with Gasteiger partial charge in [-0.15, -0.1) is 0 Å². The van der Waals surface area contributed by atoms with Gasteiger partial charge in [-0.05, 0) is 34.1 Å². The molecule has 2 rings (SSSR count). The van der Waals surface area contributed by atoms with Crippen molar-refractivity contribution in [2.45, 2.75) is 10.4 Å². The van der Waals surface area contributed by atoms with Gasteiger partial charge in [0.15, 0.2) is 0 Å². The van der Waals surface area contributed by atoms with Gasteiger partial charge in [0, 0.05) is 20.6 Å². The van der Waals surface area contributed by atoms with Gasteiger partial charge in [0.25, 0.3) is 9.84 Å². The molecule has 10 heteroatoms. The van der Waals surface area contributed by atoms with E-state index in [0.29, 0.717) is 6.07 Å². The first-order chi connectivity index (χ1) is 10.5. The van der Waals surface area contributed by atoms with Crippen LogP contribution < -0.4 is 0 Å². The van der Waals surface area contributed by atoms with Gasteiger partial charge in [-0.1, -0.05) is 22.0 Å². The van der Waals surface area contributed by atoms with E-state index in [1.54, 1.807) is 0 Å². The minimum atomic E-state index is -5.85. The van der Waals surface area contributed by atoms with Gasteiger partial charge in [-0.3, -0.25) is 0 Å². The van der Waals surface area contributed by atoms with Crippen molar-refractivity contribution in [1.82, 2.24) is 0 Å². The third-order valence-corrected chi connectivity index (χ3v) is 5.29. The first-order valence-corrected chi connectivity index (χ1v) is 8.70. The van der Waals surface area contributed by atoms with Gasteiger partial charge in [0.2, 0.25) is 0 Å². The van der Waals surface area contributed by atoms with Gasteiger partial charge in [0.1, 0.15) is 11.6 Å². The lowest BCUT2D eigenvalue weighted by Gasteiger charge is -2.16. The van der Waals surface area contributed by atoms with Gasteiger partial charge < -0.3 is 0 Å². The van der Waals surface area contributed by atoms with E-state index in [2.05, 4.69) is 37.9 Å². The molecule has 0 amide bonds. The zero-order valence-corrected chi connectivity index (χ0v) is 14.7. The van der Waals surface area contributed by atoms with Crippen LogP contribution in [0.3, 0.4) is 0 Å². The molecule has 123 valence electrons. The predicted octanol–water partition coefficient (Wildman–Crippen LogP) is 5.25. The third-order valence-electron chi connectivity index (χ3n) is 2.76. The average Bonchev–Trinajstić information content (AvgIpc) is 2.38. The average molecular weight is 479 g/mol. The summed E-state index contributed by atoms with van der Waals surface area (Å²) in [5.74, 6) is -2.42. The van der Waals surface area contributed by atoms with Crippen LogP contribution in [0.2, 0.25) is 0 Å². The molecule has 0 aliphatic rings. The van der Waals surface area contributed by atoms with Crippen molar-refractivity contribution < 1.29 is 30.4 Å². The Morgan fingerprint density at radius 1 is 1.00 bits per heavy atom. The SMILES string of the molecule is O=S(=O)(c1cc(Br)[c]c(Br)c1-c1c(F)cccc1F)C(F)(F)F. The number of hydrogen-bond acceptors (Lipinski definition) is 2. The maximum Gasteiger partial charge on any atom is 0.501 e. The van der Waals surface area contributed by atoms with E-state index in [1.807, 2.05) is 0 Å². The van der Waals surface area contributed by atoms with Crippen molar-refractivity contribution in [2.75, 3.05) is 0 Å². The van der Waals surface area contributed by atoms with Gasteiger partial charge >= 0.3 is 5.51 Å². The molecular weight excluding hydrogens is 475 g/mol. The minimum absolute atomic E-state index is 0.132. The molecule has 0 saturated carbocycles. The van der Waals surface area contributed by atoms with E-state index in [-0.39, 0.29) is 8.95 Å². The van der Waals surface area contributed by atoms with Gasteiger partial charge in [0.05, 0.1) is 10.5 Å². The van der Waals surface area contributed by atoms with Crippen LogP contribution in [0.1, 0.15) is 0 Å². The highest BCUT2D eigenvalue weighted by molar-refractivity contribution is 9.11. The molecule has 0 N–H and O–H groups in total. The van der Waals surface area contributed by atoms with Crippen LogP contribution in [0, 0.1) is 17.7 Å². The fourth-order valence-corrected chi connectivity index (χ4v) is 4.40. The lowest BCUT2D eigenvalue weighted by Crippen LogP contribution is -2.24. The zero-order chi connectivity index (χ0) is 17.6. The monoisotopic (exact) mass is 477 g/mol. The molecule has 1 radical (unpaired) electrons. The fourth-order valence-electron chi connectivity index (χ4n) is 1.81. The Hall–Kier alpha value is -1.00. The fraction of sp³-hybridized carbons (Fsp3) is 0.0769. The van der Waals surface area contributed by atoms with Crippen LogP contribution in [0.4, 0.5) is 22.0 Å². The Morgan fingerprint density at radius 2 is 1.52 bits per heavy atom. The van der Waals surface area contributed by atoms with E-state index in [0.717, 1.165) is 18.2 Å². The second-order valence-corrected chi connectivity index (χ2v) is 7.77. The summed E-state index contributed by atoms with van der Waals surface area (Å²) in [6.45, 7) is 0. The van der Waals surface area contributed by atoms with Gasteiger partial charge in [-0.25, -0.2) is 17.2 Å². The lowest BCUT2D eigenvalue weighted by atomic mass is 10.0. The zero-order valence-electron chi connectivity index (χ0n) is 10.7. The molecule has 0 bridgehead atoms. The minimum Gasteiger partial charge on any atom is -0.214 e. The molecule has 0 atom stereocenters. The van der Waals surface area contributed by atoms with Crippen molar-refractivity contribution in [3.63, 3.8) is 0 Å². The van der Waals surface area contributed by atoms with Crippen molar-refractivity contribution in [2.24, 2.45) is 0 Å². The highest BCUT2D eigenvalue weighted by Gasteiger charge is 2.48. The van der Waals surface area contributed by atoms with Crippen LogP contribution in [0.5, 0.6) is 0 Å². The summed E-state index contributed by atoms with van der Waals surface area (Å²) < 4.78 is 89.5. The lowest BCUT2D eigenvalue weighted by molar-refractivity contribution is -0.0435. The van der Waals surface area contributed by atoms with Gasteiger partial charge in [-0.2, -0.15) is 13.2 Å². The van der Waals surface area contributed by atoms with E-state index < -0.39 is 43.0 Å². The number of halogens is 7. The Kier molecular flexibility index (Phi) is 4.89. The topological polar surface area (TPSA) is 34.1 Å². The van der Waals surface area contributed by atoms with Crippen molar-refractivity contribution >= 4 is 41.7 Å². The largest absolute Gasteiger partial charge is 0.501 e. The molecular formula is C13H4Br2F5O2S. The Labute approximate surface area is 144 Å². The van der Waals surface area contributed by atoms with Crippen LogP contribution in [-0.4, -0.2) is 13.9 Å². The Morgan fingerprint density at radius 3 is 2.00 bits per heavy atom. The van der Waals surface area contributed by atoms with Crippen molar-refractivity contribution in [3.8, 4) is 11.1 Å². The third kappa shape index (κ3) is 3.29. The molecule has 0 heterocycles. The number of rotatable bonds is 2. The number of benzene rings is 2. The van der Waals surface area contributed by atoms with E-state index in [4.69, 9.17) is 0 Å². The van der Waals surface area contributed by atoms with E-state index >= 15 is 0 Å². The second kappa shape index (κ2) is 6.14. The summed E-state index contributed by atoms with van der Waals surface area (Å²) >= 11 is 5.62. The standard InChI is InChI=1S/C13H4Br2F5O2S/c14-6-4-7(15)11(12-8(16)2-1-3-9(12)17)10(5-6)23(21,22)13(18,19)20/h1-3,5H. The summed E-state index contributed by atoms with van der Waals surface area (Å²) in [7, 11) is -5.85. The smallest absolute Gasteiger partial charge is 0.214 e. The predicted molar refractivity (Wildman–Crippen MR) is 79.3 cm³/mol. The molecule has 0 spiro atoms. The summed E-state index contributed by atoms with van der Waals surface area (Å²) in [4.78, 5) is -1.29. The maximum absolute atomic E-state index is 13.9. The summed E-state index contributed by atoms with van der Waals surface area (Å²) in [5, 5.41) is 0. The number of alkyl halides is 3. The molecule has 0 fully saturated rings. The quantitative estimate of drug-likeness (QED) is 0.552. The molecule has 2 nitrogen and oxygen atoms in total. The highest BCUT2D eigenvalue weighted by atomic mass is 79.9. The maximum atomic E-state index is 13.9. The number of sulfone groups is 1. The van der Waals surface area contributed by atoms with Crippen LogP contribution in [0.25, 0.3) is 11.1 Å².